The van der Waals surface area contributed by atoms with E-state index in [9.17, 15) is 9.59 Å². The van der Waals surface area contributed by atoms with Crippen molar-refractivity contribution in [3.63, 3.8) is 0 Å². The standard InChI is InChI=1S/C21H21Cl2NO3/c1-15(27-19(25)17-10-6-3-7-11-17)21(23)18(12-22)14-24(20(21)26)13-16-8-4-2-5-9-16/h2-11,15,18H,12-14H2,1H3/t15?,18-,21-/m0/s1. The maximum Gasteiger partial charge on any atom is 0.338 e. The summed E-state index contributed by atoms with van der Waals surface area (Å²) in [4.78, 5) is 25.8. The Morgan fingerprint density at radius 2 is 1.78 bits per heavy atom. The second-order valence-electron chi connectivity index (χ2n) is 6.70. The topological polar surface area (TPSA) is 46.6 Å². The summed E-state index contributed by atoms with van der Waals surface area (Å²) in [5, 5.41) is 0. The second-order valence-corrected chi connectivity index (χ2v) is 7.64. The van der Waals surface area contributed by atoms with Crippen molar-refractivity contribution in [3.05, 3.63) is 71.8 Å². The Balaban J connectivity index is 1.77. The summed E-state index contributed by atoms with van der Waals surface area (Å²) >= 11 is 12.9. The molecule has 2 aromatic rings. The molecule has 0 bridgehead atoms. The Bertz CT molecular complexity index is 800. The van der Waals surface area contributed by atoms with Crippen molar-refractivity contribution in [2.24, 2.45) is 5.92 Å². The van der Waals surface area contributed by atoms with Gasteiger partial charge >= 0.3 is 5.97 Å². The summed E-state index contributed by atoms with van der Waals surface area (Å²) in [7, 11) is 0. The van der Waals surface area contributed by atoms with Gasteiger partial charge in [0.1, 0.15) is 6.10 Å². The molecule has 4 nitrogen and oxygen atoms in total. The summed E-state index contributed by atoms with van der Waals surface area (Å²) < 4.78 is 5.55. The Morgan fingerprint density at radius 1 is 1.19 bits per heavy atom. The normalized spacial score (nSPS) is 23.3. The molecule has 1 fully saturated rings. The van der Waals surface area contributed by atoms with E-state index in [1.807, 2.05) is 36.4 Å². The van der Waals surface area contributed by atoms with E-state index in [2.05, 4.69) is 0 Å². The lowest BCUT2D eigenvalue weighted by Gasteiger charge is -2.31. The highest BCUT2D eigenvalue weighted by Crippen LogP contribution is 2.41. The molecular formula is C21H21Cl2NO3. The third-order valence-corrected chi connectivity index (χ3v) is 6.09. The maximum atomic E-state index is 13.1. The Kier molecular flexibility index (Phi) is 6.08. The van der Waals surface area contributed by atoms with Crippen LogP contribution in [0.25, 0.3) is 0 Å². The van der Waals surface area contributed by atoms with Gasteiger partial charge in [-0.1, -0.05) is 48.5 Å². The summed E-state index contributed by atoms with van der Waals surface area (Å²) in [6.45, 7) is 2.52. The van der Waals surface area contributed by atoms with Crippen molar-refractivity contribution in [1.82, 2.24) is 4.90 Å². The molecule has 1 saturated heterocycles. The van der Waals surface area contributed by atoms with Crippen LogP contribution in [0, 0.1) is 5.92 Å². The van der Waals surface area contributed by atoms with Crippen LogP contribution >= 0.6 is 23.2 Å². The van der Waals surface area contributed by atoms with Gasteiger partial charge in [-0.25, -0.2) is 4.79 Å². The van der Waals surface area contributed by atoms with E-state index < -0.39 is 16.9 Å². The molecule has 0 saturated carbocycles. The summed E-state index contributed by atoms with van der Waals surface area (Å²) in [5.74, 6) is -0.887. The van der Waals surface area contributed by atoms with Crippen LogP contribution in [0.3, 0.4) is 0 Å². The minimum atomic E-state index is -1.37. The zero-order chi connectivity index (χ0) is 19.4. The first-order valence-corrected chi connectivity index (χ1v) is 9.72. The van der Waals surface area contributed by atoms with Crippen LogP contribution in [0.5, 0.6) is 0 Å². The molecular weight excluding hydrogens is 385 g/mol. The molecule has 0 N–H and O–H groups in total. The largest absolute Gasteiger partial charge is 0.457 e. The molecule has 0 aliphatic carbocycles. The van der Waals surface area contributed by atoms with E-state index in [0.717, 1.165) is 5.56 Å². The van der Waals surface area contributed by atoms with Crippen LogP contribution in [-0.4, -0.2) is 40.2 Å². The van der Waals surface area contributed by atoms with Crippen LogP contribution in [0.1, 0.15) is 22.8 Å². The van der Waals surface area contributed by atoms with Crippen molar-refractivity contribution in [3.8, 4) is 0 Å². The number of halogens is 2. The van der Waals surface area contributed by atoms with Crippen molar-refractivity contribution in [1.29, 1.82) is 0 Å². The summed E-state index contributed by atoms with van der Waals surface area (Å²) in [6.07, 6.45) is -0.816. The van der Waals surface area contributed by atoms with Gasteiger partial charge in [0.15, 0.2) is 4.87 Å². The lowest BCUT2D eigenvalue weighted by atomic mass is 9.91. The molecule has 1 aliphatic heterocycles. The van der Waals surface area contributed by atoms with Gasteiger partial charge in [-0.3, -0.25) is 4.79 Å². The van der Waals surface area contributed by atoms with Gasteiger partial charge in [0.05, 0.1) is 5.56 Å². The van der Waals surface area contributed by atoms with Crippen molar-refractivity contribution < 1.29 is 14.3 Å². The fourth-order valence-corrected chi connectivity index (χ4v) is 4.12. The Labute approximate surface area is 169 Å². The molecule has 1 heterocycles. The lowest BCUT2D eigenvalue weighted by Crippen LogP contribution is -2.49. The average Bonchev–Trinajstić information content (AvgIpc) is 2.95. The van der Waals surface area contributed by atoms with E-state index in [1.54, 1.807) is 36.1 Å². The van der Waals surface area contributed by atoms with Crippen LogP contribution < -0.4 is 0 Å². The first kappa shape index (κ1) is 19.7. The molecule has 1 aliphatic rings. The fourth-order valence-electron chi connectivity index (χ4n) is 3.39. The first-order chi connectivity index (χ1) is 13.0. The average molecular weight is 406 g/mol. The molecule has 2 aromatic carbocycles. The van der Waals surface area contributed by atoms with Gasteiger partial charge < -0.3 is 9.64 Å². The number of benzene rings is 2. The number of nitrogens with zero attached hydrogens (tertiary/aromatic N) is 1. The minimum absolute atomic E-state index is 0.202. The SMILES string of the molecule is CC(OC(=O)c1ccccc1)[C@@]1(Cl)C(=O)N(Cc2ccccc2)C[C@@H]1CCl. The summed E-state index contributed by atoms with van der Waals surface area (Å²) in [6, 6.07) is 18.3. The molecule has 6 heteroatoms. The van der Waals surface area contributed by atoms with Crippen LogP contribution in [0.2, 0.25) is 0 Å². The van der Waals surface area contributed by atoms with Gasteiger partial charge in [0.25, 0.3) is 0 Å². The number of ether oxygens (including phenoxy) is 1. The number of amides is 1. The molecule has 27 heavy (non-hydrogen) atoms. The lowest BCUT2D eigenvalue weighted by molar-refractivity contribution is -0.133. The number of hydrogen-bond donors (Lipinski definition) is 0. The van der Waals surface area contributed by atoms with Gasteiger partial charge in [0.2, 0.25) is 5.91 Å². The summed E-state index contributed by atoms with van der Waals surface area (Å²) in [5.41, 5.74) is 1.42. The Morgan fingerprint density at radius 3 is 2.37 bits per heavy atom. The smallest absolute Gasteiger partial charge is 0.338 e. The predicted octanol–water partition coefficient (Wildman–Crippen LogP) is 4.11. The zero-order valence-corrected chi connectivity index (χ0v) is 16.5. The van der Waals surface area contributed by atoms with Crippen LogP contribution in [0.15, 0.2) is 60.7 Å². The van der Waals surface area contributed by atoms with Crippen molar-refractivity contribution in [2.75, 3.05) is 12.4 Å². The third-order valence-electron chi connectivity index (χ3n) is 4.94. The molecule has 0 radical (unpaired) electrons. The highest BCUT2D eigenvalue weighted by atomic mass is 35.5. The molecule has 1 unspecified atom stereocenters. The number of esters is 1. The van der Waals surface area contributed by atoms with Gasteiger partial charge in [-0.05, 0) is 24.6 Å². The first-order valence-electron chi connectivity index (χ1n) is 8.81. The minimum Gasteiger partial charge on any atom is -0.457 e. The molecule has 3 atom stereocenters. The Hall–Kier alpha value is -2.04. The predicted molar refractivity (Wildman–Crippen MR) is 106 cm³/mol. The number of carbonyl (C=O) groups excluding carboxylic acids is 2. The van der Waals surface area contributed by atoms with E-state index >= 15 is 0 Å². The number of carbonyl (C=O) groups is 2. The van der Waals surface area contributed by atoms with Crippen LogP contribution in [-0.2, 0) is 16.1 Å². The van der Waals surface area contributed by atoms with E-state index in [4.69, 9.17) is 27.9 Å². The zero-order valence-electron chi connectivity index (χ0n) is 15.0. The van der Waals surface area contributed by atoms with Crippen LogP contribution in [0.4, 0.5) is 0 Å². The number of likely N-dealkylation sites (tertiary alicyclic amines) is 1. The molecule has 0 aromatic heterocycles. The van der Waals surface area contributed by atoms with E-state index in [-0.39, 0.29) is 17.7 Å². The van der Waals surface area contributed by atoms with E-state index in [1.165, 1.54) is 0 Å². The number of rotatable bonds is 6. The van der Waals surface area contributed by atoms with Crippen molar-refractivity contribution >= 4 is 35.1 Å². The highest BCUT2D eigenvalue weighted by Gasteiger charge is 2.57. The molecule has 1 amide bonds. The fraction of sp³-hybridized carbons (Fsp3) is 0.333. The monoisotopic (exact) mass is 405 g/mol. The van der Waals surface area contributed by atoms with Crippen molar-refractivity contribution in [2.45, 2.75) is 24.4 Å². The second kappa shape index (κ2) is 8.32. The molecule has 142 valence electrons. The van der Waals surface area contributed by atoms with Gasteiger partial charge in [-0.2, -0.15) is 0 Å². The molecule has 0 spiro atoms. The number of hydrogen-bond acceptors (Lipinski definition) is 3. The number of alkyl halides is 2. The quantitative estimate of drug-likeness (QED) is 0.536. The highest BCUT2D eigenvalue weighted by molar-refractivity contribution is 6.37. The third kappa shape index (κ3) is 3.97. The van der Waals surface area contributed by atoms with E-state index in [0.29, 0.717) is 18.7 Å². The molecule has 3 rings (SSSR count). The van der Waals surface area contributed by atoms with Gasteiger partial charge in [-0.15, -0.1) is 23.2 Å². The van der Waals surface area contributed by atoms with Gasteiger partial charge in [0, 0.05) is 24.9 Å². The maximum absolute atomic E-state index is 13.1.